The highest BCUT2D eigenvalue weighted by Gasteiger charge is 2.35. The van der Waals surface area contributed by atoms with Crippen LogP contribution in [-0.4, -0.2) is 27.5 Å². The first-order valence-electron chi connectivity index (χ1n) is 8.93. The normalized spacial score (nSPS) is 17.0. The quantitative estimate of drug-likeness (QED) is 0.480. The summed E-state index contributed by atoms with van der Waals surface area (Å²) in [7, 11) is 0. The van der Waals surface area contributed by atoms with Gasteiger partial charge in [-0.25, -0.2) is 4.39 Å². The van der Waals surface area contributed by atoms with E-state index in [1.165, 1.54) is 29.2 Å². The molecule has 0 spiro atoms. The second-order valence-electron chi connectivity index (χ2n) is 6.96. The van der Waals surface area contributed by atoms with E-state index in [-0.39, 0.29) is 47.5 Å². The van der Waals surface area contributed by atoms with E-state index in [0.717, 1.165) is 12.1 Å². The van der Waals surface area contributed by atoms with Crippen molar-refractivity contribution in [1.82, 2.24) is 15.0 Å². The maximum Gasteiger partial charge on any atom is 0.416 e. The minimum absolute atomic E-state index is 0.0607. The lowest BCUT2D eigenvalue weighted by atomic mass is 10.1. The van der Waals surface area contributed by atoms with Crippen molar-refractivity contribution in [3.05, 3.63) is 69.8 Å². The van der Waals surface area contributed by atoms with Crippen molar-refractivity contribution in [2.45, 2.75) is 25.1 Å². The van der Waals surface area contributed by atoms with Gasteiger partial charge in [-0.05, 0) is 51.8 Å². The van der Waals surface area contributed by atoms with Gasteiger partial charge < -0.3 is 9.42 Å². The Labute approximate surface area is 176 Å². The Balaban J connectivity index is 1.48. The fourth-order valence-electron chi connectivity index (χ4n) is 3.31. The maximum absolute atomic E-state index is 13.4. The van der Waals surface area contributed by atoms with E-state index in [1.54, 1.807) is 6.07 Å². The fourth-order valence-corrected chi connectivity index (χ4v) is 3.69. The summed E-state index contributed by atoms with van der Waals surface area (Å²) in [5.41, 5.74) is 0.180. The average molecular weight is 484 g/mol. The summed E-state index contributed by atoms with van der Waals surface area (Å²) in [6, 6.07) is 9.20. The Morgan fingerprint density at radius 1 is 1.20 bits per heavy atom. The second-order valence-corrected chi connectivity index (χ2v) is 7.81. The minimum Gasteiger partial charge on any atom is -0.339 e. The summed E-state index contributed by atoms with van der Waals surface area (Å²) < 4.78 is 57.6. The number of alkyl halides is 3. The van der Waals surface area contributed by atoms with Crippen LogP contribution < -0.4 is 0 Å². The number of rotatable bonds is 4. The SMILES string of the molecule is O=C1CC(c2nc(-c3ccc(F)c(Br)c3)no2)CN1Cc1cccc(C(F)(F)F)c1. The third-order valence-corrected chi connectivity index (χ3v) is 5.42. The molecule has 1 unspecified atom stereocenters. The van der Waals surface area contributed by atoms with Gasteiger partial charge in [0.1, 0.15) is 5.82 Å². The largest absolute Gasteiger partial charge is 0.416 e. The van der Waals surface area contributed by atoms with Crippen molar-refractivity contribution in [1.29, 1.82) is 0 Å². The maximum atomic E-state index is 13.4. The molecule has 1 atom stereocenters. The average Bonchev–Trinajstić information content (AvgIpc) is 3.31. The molecule has 4 rings (SSSR count). The predicted octanol–water partition coefficient (Wildman–Crippen LogP) is 5.17. The number of carbonyl (C=O) groups is 1. The van der Waals surface area contributed by atoms with Crippen LogP contribution in [0.15, 0.2) is 51.5 Å². The summed E-state index contributed by atoms with van der Waals surface area (Å²) in [5.74, 6) is -0.482. The first-order valence-corrected chi connectivity index (χ1v) is 9.73. The van der Waals surface area contributed by atoms with Crippen LogP contribution in [0.3, 0.4) is 0 Å². The van der Waals surface area contributed by atoms with Crippen LogP contribution >= 0.6 is 15.9 Å². The molecule has 1 aromatic heterocycles. The smallest absolute Gasteiger partial charge is 0.339 e. The molecule has 2 heterocycles. The number of carbonyl (C=O) groups excluding carboxylic acids is 1. The van der Waals surface area contributed by atoms with E-state index in [4.69, 9.17) is 4.52 Å². The molecule has 2 aromatic carbocycles. The Kier molecular flexibility index (Phi) is 5.35. The number of hydrogen-bond acceptors (Lipinski definition) is 4. The Morgan fingerprint density at radius 3 is 2.73 bits per heavy atom. The summed E-state index contributed by atoms with van der Waals surface area (Å²) in [6.45, 7) is 0.314. The monoisotopic (exact) mass is 483 g/mol. The van der Waals surface area contributed by atoms with E-state index >= 15 is 0 Å². The Bertz CT molecular complexity index is 1100. The molecule has 1 aliphatic heterocycles. The molecule has 0 bridgehead atoms. The zero-order valence-electron chi connectivity index (χ0n) is 15.3. The zero-order valence-corrected chi connectivity index (χ0v) is 16.9. The van der Waals surface area contributed by atoms with Crippen LogP contribution in [0.2, 0.25) is 0 Å². The first kappa shape index (κ1) is 20.5. The summed E-state index contributed by atoms with van der Waals surface area (Å²) in [4.78, 5) is 18.1. The van der Waals surface area contributed by atoms with Crippen molar-refractivity contribution in [3.8, 4) is 11.4 Å². The Morgan fingerprint density at radius 2 is 2.00 bits per heavy atom. The highest BCUT2D eigenvalue weighted by atomic mass is 79.9. The zero-order chi connectivity index (χ0) is 21.5. The number of hydrogen-bond donors (Lipinski definition) is 0. The van der Waals surface area contributed by atoms with Crippen LogP contribution in [0, 0.1) is 5.82 Å². The lowest BCUT2D eigenvalue weighted by molar-refractivity contribution is -0.137. The molecule has 30 heavy (non-hydrogen) atoms. The minimum atomic E-state index is -4.44. The first-order chi connectivity index (χ1) is 14.2. The molecular formula is C20H14BrF4N3O2. The van der Waals surface area contributed by atoms with E-state index in [2.05, 4.69) is 26.1 Å². The van der Waals surface area contributed by atoms with Crippen LogP contribution in [0.1, 0.15) is 29.4 Å². The van der Waals surface area contributed by atoms with Gasteiger partial charge in [0.05, 0.1) is 16.0 Å². The van der Waals surface area contributed by atoms with Gasteiger partial charge in [-0.15, -0.1) is 0 Å². The van der Waals surface area contributed by atoms with Gasteiger partial charge in [0.2, 0.25) is 17.6 Å². The van der Waals surface area contributed by atoms with Crippen molar-refractivity contribution in [2.75, 3.05) is 6.54 Å². The summed E-state index contributed by atoms with van der Waals surface area (Å²) in [5, 5.41) is 3.89. The summed E-state index contributed by atoms with van der Waals surface area (Å²) in [6.07, 6.45) is -4.32. The highest BCUT2D eigenvalue weighted by Crippen LogP contribution is 2.32. The lowest BCUT2D eigenvalue weighted by Gasteiger charge is -2.17. The van der Waals surface area contributed by atoms with Gasteiger partial charge >= 0.3 is 6.18 Å². The molecule has 1 saturated heterocycles. The predicted molar refractivity (Wildman–Crippen MR) is 102 cm³/mol. The highest BCUT2D eigenvalue weighted by molar-refractivity contribution is 9.10. The van der Waals surface area contributed by atoms with E-state index in [0.29, 0.717) is 11.1 Å². The number of benzene rings is 2. The molecule has 3 aromatic rings. The third-order valence-electron chi connectivity index (χ3n) is 4.81. The third kappa shape index (κ3) is 4.23. The van der Waals surface area contributed by atoms with Crippen molar-refractivity contribution >= 4 is 21.8 Å². The molecule has 0 radical (unpaired) electrons. The molecule has 0 saturated carbocycles. The van der Waals surface area contributed by atoms with Gasteiger partial charge in [-0.2, -0.15) is 18.2 Å². The summed E-state index contributed by atoms with van der Waals surface area (Å²) >= 11 is 3.10. The topological polar surface area (TPSA) is 59.2 Å². The van der Waals surface area contributed by atoms with Crippen molar-refractivity contribution in [2.24, 2.45) is 0 Å². The van der Waals surface area contributed by atoms with Crippen molar-refractivity contribution < 1.29 is 26.9 Å². The lowest BCUT2D eigenvalue weighted by Crippen LogP contribution is -2.24. The number of amides is 1. The molecule has 0 N–H and O–H groups in total. The van der Waals surface area contributed by atoms with Gasteiger partial charge in [0, 0.05) is 25.1 Å². The molecule has 0 aliphatic carbocycles. The van der Waals surface area contributed by atoms with Crippen LogP contribution in [0.25, 0.3) is 11.4 Å². The van der Waals surface area contributed by atoms with Gasteiger partial charge in [0.25, 0.3) is 0 Å². The molecule has 5 nitrogen and oxygen atoms in total. The number of likely N-dealkylation sites (tertiary alicyclic amines) is 1. The van der Waals surface area contributed by atoms with Gasteiger partial charge in [0.15, 0.2) is 0 Å². The van der Waals surface area contributed by atoms with E-state index in [1.807, 2.05) is 0 Å². The second kappa shape index (κ2) is 7.82. The number of nitrogens with zero attached hydrogens (tertiary/aromatic N) is 3. The molecule has 10 heteroatoms. The van der Waals surface area contributed by atoms with Crippen LogP contribution in [0.4, 0.5) is 17.6 Å². The molecular weight excluding hydrogens is 470 g/mol. The van der Waals surface area contributed by atoms with Crippen molar-refractivity contribution in [3.63, 3.8) is 0 Å². The van der Waals surface area contributed by atoms with Crippen LogP contribution in [0.5, 0.6) is 0 Å². The standard InChI is InChI=1S/C20H14BrF4N3O2/c21-15-7-12(4-5-16(15)22)18-26-19(30-27-18)13-8-17(29)28(10-13)9-11-2-1-3-14(6-11)20(23,24)25/h1-7,13H,8-10H2. The number of halogens is 5. The molecule has 1 aliphatic rings. The fraction of sp³-hybridized carbons (Fsp3) is 0.250. The molecule has 1 fully saturated rings. The molecule has 1 amide bonds. The number of aromatic nitrogens is 2. The Hall–Kier alpha value is -2.75. The van der Waals surface area contributed by atoms with E-state index < -0.39 is 17.6 Å². The van der Waals surface area contributed by atoms with E-state index in [9.17, 15) is 22.4 Å². The van der Waals surface area contributed by atoms with Gasteiger partial charge in [-0.3, -0.25) is 4.79 Å². The molecule has 156 valence electrons. The van der Waals surface area contributed by atoms with Crippen LogP contribution in [-0.2, 0) is 17.5 Å². The van der Waals surface area contributed by atoms with Gasteiger partial charge in [-0.1, -0.05) is 17.3 Å².